The molecule has 0 radical (unpaired) electrons. The highest BCUT2D eigenvalue weighted by atomic mass is 32.2. The maximum Gasteiger partial charge on any atom is 0.150 e. The molecule has 0 bridgehead atoms. The second-order valence-electron chi connectivity index (χ2n) is 2.93. The van der Waals surface area contributed by atoms with Gasteiger partial charge in [0, 0.05) is 12.1 Å². The zero-order valence-corrected chi connectivity index (χ0v) is 7.88. The van der Waals surface area contributed by atoms with Gasteiger partial charge in [-0.3, -0.25) is 0 Å². The lowest BCUT2D eigenvalue weighted by molar-refractivity contribution is 0.116. The molecule has 0 aromatic heterocycles. The van der Waals surface area contributed by atoms with E-state index in [1.807, 2.05) is 0 Å². The van der Waals surface area contributed by atoms with Gasteiger partial charge in [-0.15, -0.1) is 0 Å². The summed E-state index contributed by atoms with van der Waals surface area (Å²) in [6.45, 7) is 2.18. The molecule has 1 fully saturated rings. The Bertz CT molecular complexity index is 258. The van der Waals surface area contributed by atoms with Crippen molar-refractivity contribution >= 4 is 16.1 Å². The van der Waals surface area contributed by atoms with Crippen molar-refractivity contribution in [1.29, 1.82) is 0 Å². The van der Waals surface area contributed by atoms with Gasteiger partial charge in [0.15, 0.2) is 9.84 Å². The normalized spacial score (nSPS) is 27.9. The third-order valence-corrected chi connectivity index (χ3v) is 3.65. The number of rotatable bonds is 3. The largest absolute Gasteiger partial charge is 0.396 e. The minimum atomic E-state index is -2.76. The molecule has 70 valence electrons. The van der Waals surface area contributed by atoms with Crippen molar-refractivity contribution < 1.29 is 13.3 Å². The van der Waals surface area contributed by atoms with Crippen molar-refractivity contribution in [2.75, 3.05) is 18.1 Å². The summed E-state index contributed by atoms with van der Waals surface area (Å²) >= 11 is 0. The molecule has 5 heteroatoms. The van der Waals surface area contributed by atoms with Crippen LogP contribution in [0.2, 0.25) is 0 Å². The first-order valence-electron chi connectivity index (χ1n) is 3.94. The lowest BCUT2D eigenvalue weighted by Gasteiger charge is -2.03. The lowest BCUT2D eigenvalue weighted by atomic mass is 10.1. The van der Waals surface area contributed by atoms with Crippen LogP contribution in [0.4, 0.5) is 0 Å². The fourth-order valence-corrected chi connectivity index (χ4v) is 3.07. The minimum Gasteiger partial charge on any atom is -0.396 e. The molecule has 0 spiro atoms. The topological polar surface area (TPSA) is 55.7 Å². The molecule has 0 amide bonds. The predicted molar refractivity (Wildman–Crippen MR) is 46.9 cm³/mol. The van der Waals surface area contributed by atoms with E-state index in [-0.39, 0.29) is 11.7 Å². The van der Waals surface area contributed by atoms with Crippen molar-refractivity contribution in [2.45, 2.75) is 13.3 Å². The van der Waals surface area contributed by atoms with E-state index >= 15 is 0 Å². The third kappa shape index (κ3) is 2.81. The molecular formula is C7H13NO3S. The number of hydrogen-bond donors (Lipinski definition) is 0. The molecule has 0 N–H and O–H groups in total. The lowest BCUT2D eigenvalue weighted by Crippen LogP contribution is -2.09. The van der Waals surface area contributed by atoms with E-state index in [4.69, 9.17) is 4.84 Å². The summed E-state index contributed by atoms with van der Waals surface area (Å²) in [7, 11) is -2.76. The van der Waals surface area contributed by atoms with E-state index in [1.54, 1.807) is 13.1 Å². The van der Waals surface area contributed by atoms with E-state index in [1.165, 1.54) is 0 Å². The Labute approximate surface area is 72.5 Å². The smallest absolute Gasteiger partial charge is 0.150 e. The summed E-state index contributed by atoms with van der Waals surface area (Å²) in [5.41, 5.74) is 0. The van der Waals surface area contributed by atoms with Crippen LogP contribution >= 0.6 is 0 Å². The molecule has 1 aliphatic rings. The second-order valence-corrected chi connectivity index (χ2v) is 5.16. The van der Waals surface area contributed by atoms with Crippen LogP contribution in [0.1, 0.15) is 13.3 Å². The molecule has 0 saturated carbocycles. The summed E-state index contributed by atoms with van der Waals surface area (Å²) in [5, 5.41) is 3.56. The van der Waals surface area contributed by atoms with Gasteiger partial charge < -0.3 is 4.84 Å². The van der Waals surface area contributed by atoms with Crippen molar-refractivity contribution in [1.82, 2.24) is 0 Å². The molecule has 0 aliphatic carbocycles. The molecule has 1 rings (SSSR count). The van der Waals surface area contributed by atoms with E-state index in [0.29, 0.717) is 18.8 Å². The van der Waals surface area contributed by atoms with Gasteiger partial charge in [0.2, 0.25) is 0 Å². The van der Waals surface area contributed by atoms with Gasteiger partial charge >= 0.3 is 0 Å². The van der Waals surface area contributed by atoms with Crippen LogP contribution in [-0.2, 0) is 14.7 Å². The van der Waals surface area contributed by atoms with E-state index in [0.717, 1.165) is 0 Å². The van der Waals surface area contributed by atoms with Gasteiger partial charge in [-0.25, -0.2) is 8.42 Å². The highest BCUT2D eigenvalue weighted by Crippen LogP contribution is 2.18. The first-order valence-corrected chi connectivity index (χ1v) is 5.76. The van der Waals surface area contributed by atoms with Gasteiger partial charge in [0.25, 0.3) is 0 Å². The van der Waals surface area contributed by atoms with Crippen LogP contribution in [-0.4, -0.2) is 32.7 Å². The van der Waals surface area contributed by atoms with Gasteiger partial charge in [-0.1, -0.05) is 5.16 Å². The van der Waals surface area contributed by atoms with Crippen molar-refractivity contribution in [2.24, 2.45) is 11.1 Å². The van der Waals surface area contributed by atoms with E-state index in [9.17, 15) is 8.42 Å². The van der Waals surface area contributed by atoms with Crippen LogP contribution in [0.5, 0.6) is 0 Å². The zero-order chi connectivity index (χ0) is 9.03. The second kappa shape index (κ2) is 3.89. The first-order chi connectivity index (χ1) is 5.64. The third-order valence-electron chi connectivity index (χ3n) is 1.82. The summed E-state index contributed by atoms with van der Waals surface area (Å²) in [5.74, 6) is 0.696. The highest BCUT2D eigenvalue weighted by Gasteiger charge is 2.28. The Hall–Kier alpha value is -0.580. The average molecular weight is 191 g/mol. The number of sulfone groups is 1. The summed E-state index contributed by atoms with van der Waals surface area (Å²) < 4.78 is 22.0. The zero-order valence-electron chi connectivity index (χ0n) is 7.06. The van der Waals surface area contributed by atoms with Crippen LogP contribution in [0.15, 0.2) is 5.16 Å². The van der Waals surface area contributed by atoms with Gasteiger partial charge in [-0.05, 0) is 13.3 Å². The summed E-state index contributed by atoms with van der Waals surface area (Å²) in [6, 6.07) is 0. The first kappa shape index (κ1) is 9.51. The highest BCUT2D eigenvalue weighted by molar-refractivity contribution is 7.91. The standard InChI is InChI=1S/C7H13NO3S/c1-2-8-11-5-7-3-4-12(9,10)6-7/h2,7H,3-6H2,1H3/b8-2+. The SMILES string of the molecule is C/C=N/OCC1CCS(=O)(=O)C1. The Morgan fingerprint density at radius 2 is 2.42 bits per heavy atom. The molecule has 1 unspecified atom stereocenters. The van der Waals surface area contributed by atoms with Crippen LogP contribution in [0.25, 0.3) is 0 Å². The van der Waals surface area contributed by atoms with Crippen molar-refractivity contribution in [3.8, 4) is 0 Å². The molecular weight excluding hydrogens is 178 g/mol. The van der Waals surface area contributed by atoms with E-state index in [2.05, 4.69) is 5.16 Å². The molecule has 12 heavy (non-hydrogen) atoms. The maximum atomic E-state index is 11.0. The number of oxime groups is 1. The monoisotopic (exact) mass is 191 g/mol. The van der Waals surface area contributed by atoms with Crippen molar-refractivity contribution in [3.05, 3.63) is 0 Å². The fourth-order valence-electron chi connectivity index (χ4n) is 1.23. The summed E-state index contributed by atoms with van der Waals surface area (Å²) in [6.07, 6.45) is 2.25. The molecule has 1 atom stereocenters. The van der Waals surface area contributed by atoms with Gasteiger partial charge in [0.1, 0.15) is 6.61 Å². The van der Waals surface area contributed by atoms with Gasteiger partial charge in [-0.2, -0.15) is 0 Å². The summed E-state index contributed by atoms with van der Waals surface area (Å²) in [4.78, 5) is 4.87. The van der Waals surface area contributed by atoms with Crippen molar-refractivity contribution in [3.63, 3.8) is 0 Å². The Morgan fingerprint density at radius 3 is 2.92 bits per heavy atom. The van der Waals surface area contributed by atoms with Crippen LogP contribution in [0.3, 0.4) is 0 Å². The predicted octanol–water partition coefficient (Wildman–Crippen LogP) is 0.443. The number of hydrogen-bond acceptors (Lipinski definition) is 4. The molecule has 1 saturated heterocycles. The molecule has 4 nitrogen and oxygen atoms in total. The molecule has 1 heterocycles. The number of nitrogens with zero attached hydrogens (tertiary/aromatic N) is 1. The Morgan fingerprint density at radius 1 is 1.67 bits per heavy atom. The minimum absolute atomic E-state index is 0.138. The molecule has 0 aromatic rings. The Kier molecular flexibility index (Phi) is 3.08. The van der Waals surface area contributed by atoms with Crippen LogP contribution < -0.4 is 0 Å². The quantitative estimate of drug-likeness (QED) is 0.480. The maximum absolute atomic E-state index is 11.0. The average Bonchev–Trinajstić information content (AvgIpc) is 2.31. The Balaban J connectivity index is 2.29. The molecule has 0 aromatic carbocycles. The van der Waals surface area contributed by atoms with Crippen LogP contribution in [0, 0.1) is 5.92 Å². The molecule has 1 aliphatic heterocycles. The fraction of sp³-hybridized carbons (Fsp3) is 0.857. The van der Waals surface area contributed by atoms with Gasteiger partial charge in [0.05, 0.1) is 11.5 Å². The van der Waals surface area contributed by atoms with E-state index < -0.39 is 9.84 Å².